The number of pyridine rings is 1. The standard InChI is InChI=1S/C21H18F3N5O3/c1-9-5-6-12(31-4)10(2)15(9)29-16-14(11(7-25)19(29)26)18(21(22,23)24)27-20-17(16)32-8-13(30)28(20)3/h5-6H,8,26H2,1-4H3. The quantitative estimate of drug-likeness (QED) is 0.647. The summed E-state index contributed by atoms with van der Waals surface area (Å²) in [5.41, 5.74) is 6.19. The molecule has 0 aliphatic carbocycles. The first-order valence-corrected chi connectivity index (χ1v) is 9.42. The number of hydrogen-bond acceptors (Lipinski definition) is 6. The maximum Gasteiger partial charge on any atom is 0.434 e. The van der Waals surface area contributed by atoms with Crippen molar-refractivity contribution in [3.63, 3.8) is 0 Å². The Morgan fingerprint density at radius 3 is 2.59 bits per heavy atom. The lowest BCUT2D eigenvalue weighted by atomic mass is 10.1. The molecule has 1 aromatic carbocycles. The molecule has 166 valence electrons. The topological polar surface area (TPSA) is 106 Å². The maximum absolute atomic E-state index is 14.1. The van der Waals surface area contributed by atoms with Gasteiger partial charge in [0.2, 0.25) is 0 Å². The number of aromatic nitrogens is 2. The molecule has 0 spiro atoms. The fraction of sp³-hybridized carbons (Fsp3) is 0.286. The first-order valence-electron chi connectivity index (χ1n) is 9.42. The monoisotopic (exact) mass is 445 g/mol. The van der Waals surface area contributed by atoms with Gasteiger partial charge in [0, 0.05) is 12.6 Å². The summed E-state index contributed by atoms with van der Waals surface area (Å²) in [4.78, 5) is 16.8. The minimum Gasteiger partial charge on any atom is -0.496 e. The lowest BCUT2D eigenvalue weighted by molar-refractivity contribution is -0.140. The van der Waals surface area contributed by atoms with Crippen molar-refractivity contribution in [2.45, 2.75) is 20.0 Å². The Labute approximate surface area is 180 Å². The van der Waals surface area contributed by atoms with Gasteiger partial charge in [-0.3, -0.25) is 14.3 Å². The van der Waals surface area contributed by atoms with Crippen LogP contribution in [0.2, 0.25) is 0 Å². The van der Waals surface area contributed by atoms with Crippen molar-refractivity contribution in [1.29, 1.82) is 5.26 Å². The molecule has 0 bridgehead atoms. The predicted octanol–water partition coefficient (Wildman–Crippen LogP) is 3.48. The highest BCUT2D eigenvalue weighted by Crippen LogP contribution is 2.48. The van der Waals surface area contributed by atoms with E-state index >= 15 is 0 Å². The van der Waals surface area contributed by atoms with Crippen molar-refractivity contribution in [1.82, 2.24) is 9.55 Å². The van der Waals surface area contributed by atoms with Gasteiger partial charge >= 0.3 is 6.18 Å². The number of benzene rings is 1. The normalized spacial score (nSPS) is 13.7. The third kappa shape index (κ3) is 2.83. The lowest BCUT2D eigenvalue weighted by Crippen LogP contribution is -2.37. The number of nitrogens with two attached hydrogens (primary N) is 1. The van der Waals surface area contributed by atoms with Gasteiger partial charge in [-0.15, -0.1) is 0 Å². The second-order valence-electron chi connectivity index (χ2n) is 7.34. The summed E-state index contributed by atoms with van der Waals surface area (Å²) in [5.74, 6) is -0.645. The number of nitrogen functional groups attached to an aromatic ring is 1. The number of fused-ring (bicyclic) bond motifs is 3. The molecule has 0 radical (unpaired) electrons. The zero-order chi connectivity index (χ0) is 23.5. The Hall–Kier alpha value is -3.94. The summed E-state index contributed by atoms with van der Waals surface area (Å²) in [5, 5.41) is 9.25. The molecule has 0 saturated carbocycles. The van der Waals surface area contributed by atoms with Crippen LogP contribution in [0, 0.1) is 25.2 Å². The van der Waals surface area contributed by atoms with Crippen LogP contribution in [0.15, 0.2) is 12.1 Å². The van der Waals surface area contributed by atoms with Crippen LogP contribution in [0.1, 0.15) is 22.4 Å². The Kier molecular flexibility index (Phi) is 4.69. The number of anilines is 2. The van der Waals surface area contributed by atoms with E-state index in [1.54, 1.807) is 32.0 Å². The van der Waals surface area contributed by atoms with E-state index in [0.717, 1.165) is 4.90 Å². The van der Waals surface area contributed by atoms with Crippen molar-refractivity contribution in [2.24, 2.45) is 0 Å². The summed E-state index contributed by atoms with van der Waals surface area (Å²) < 4.78 is 54.5. The highest BCUT2D eigenvalue weighted by Gasteiger charge is 2.42. The first kappa shape index (κ1) is 21.3. The molecule has 0 saturated heterocycles. The lowest BCUT2D eigenvalue weighted by Gasteiger charge is -2.27. The van der Waals surface area contributed by atoms with E-state index in [-0.39, 0.29) is 28.5 Å². The van der Waals surface area contributed by atoms with Crippen molar-refractivity contribution < 1.29 is 27.4 Å². The van der Waals surface area contributed by atoms with Crippen molar-refractivity contribution in [3.05, 3.63) is 34.5 Å². The second-order valence-corrected chi connectivity index (χ2v) is 7.34. The number of likely N-dealkylation sites (N-methyl/N-ethyl adjacent to an activating group) is 1. The molecule has 11 heteroatoms. The van der Waals surface area contributed by atoms with E-state index in [4.69, 9.17) is 15.2 Å². The van der Waals surface area contributed by atoms with E-state index in [1.807, 2.05) is 0 Å². The SMILES string of the molecule is COc1ccc(C)c(-n2c(N)c(C#N)c3c(C(F)(F)F)nc4c(c32)OCC(=O)N4C)c1C. The number of halogens is 3. The van der Waals surface area contributed by atoms with Crippen LogP contribution in [0.5, 0.6) is 11.5 Å². The zero-order valence-corrected chi connectivity index (χ0v) is 17.6. The Morgan fingerprint density at radius 2 is 2.00 bits per heavy atom. The number of hydrogen-bond donors (Lipinski definition) is 1. The van der Waals surface area contributed by atoms with E-state index < -0.39 is 29.8 Å². The van der Waals surface area contributed by atoms with Gasteiger partial charge in [0.1, 0.15) is 28.7 Å². The molecule has 4 rings (SSSR count). The minimum absolute atomic E-state index is 0.0649. The minimum atomic E-state index is -4.92. The fourth-order valence-corrected chi connectivity index (χ4v) is 4.00. The molecule has 8 nitrogen and oxygen atoms in total. The molecule has 2 aromatic heterocycles. The summed E-state index contributed by atoms with van der Waals surface area (Å²) in [6.07, 6.45) is -4.92. The van der Waals surface area contributed by atoms with Crippen LogP contribution in [0.3, 0.4) is 0 Å². The average molecular weight is 445 g/mol. The molecule has 0 fully saturated rings. The molecule has 1 aliphatic heterocycles. The van der Waals surface area contributed by atoms with Crippen LogP contribution >= 0.6 is 0 Å². The highest BCUT2D eigenvalue weighted by molar-refractivity contribution is 6.06. The zero-order valence-electron chi connectivity index (χ0n) is 17.6. The smallest absolute Gasteiger partial charge is 0.434 e. The summed E-state index contributed by atoms with van der Waals surface area (Å²) in [6.45, 7) is 3.09. The number of aryl methyl sites for hydroxylation is 1. The molecule has 1 aliphatic rings. The van der Waals surface area contributed by atoms with Gasteiger partial charge in [-0.05, 0) is 25.5 Å². The van der Waals surface area contributed by atoms with Gasteiger partial charge in [0.05, 0.1) is 18.2 Å². The third-order valence-electron chi connectivity index (χ3n) is 5.52. The van der Waals surface area contributed by atoms with Gasteiger partial charge in [0.25, 0.3) is 5.91 Å². The molecule has 2 N–H and O–H groups in total. The summed E-state index contributed by atoms with van der Waals surface area (Å²) >= 11 is 0. The van der Waals surface area contributed by atoms with Crippen LogP contribution in [-0.2, 0) is 11.0 Å². The number of rotatable bonds is 2. The largest absolute Gasteiger partial charge is 0.496 e. The number of carbonyl (C=O) groups excluding carboxylic acids is 1. The number of amides is 1. The van der Waals surface area contributed by atoms with Crippen LogP contribution in [0.4, 0.5) is 24.8 Å². The number of methoxy groups -OCH3 is 1. The van der Waals surface area contributed by atoms with E-state index in [1.165, 1.54) is 18.7 Å². The second kappa shape index (κ2) is 7.05. The number of nitrogens with zero attached hydrogens (tertiary/aromatic N) is 4. The van der Waals surface area contributed by atoms with Crippen LogP contribution < -0.4 is 20.1 Å². The molecule has 0 atom stereocenters. The maximum atomic E-state index is 14.1. The van der Waals surface area contributed by atoms with Crippen LogP contribution in [-0.4, -0.2) is 36.2 Å². The van der Waals surface area contributed by atoms with Gasteiger partial charge in [-0.1, -0.05) is 6.07 Å². The molecule has 1 amide bonds. The fourth-order valence-electron chi connectivity index (χ4n) is 4.00. The van der Waals surface area contributed by atoms with E-state index in [2.05, 4.69) is 4.98 Å². The van der Waals surface area contributed by atoms with Gasteiger partial charge in [0.15, 0.2) is 23.9 Å². The molecule has 0 unspecified atom stereocenters. The van der Waals surface area contributed by atoms with Gasteiger partial charge < -0.3 is 15.2 Å². The molecular weight excluding hydrogens is 427 g/mol. The van der Waals surface area contributed by atoms with Crippen molar-refractivity contribution >= 4 is 28.4 Å². The third-order valence-corrected chi connectivity index (χ3v) is 5.52. The Morgan fingerprint density at radius 1 is 1.31 bits per heavy atom. The van der Waals surface area contributed by atoms with Gasteiger partial charge in [-0.2, -0.15) is 18.4 Å². The van der Waals surface area contributed by atoms with E-state index in [9.17, 15) is 23.2 Å². The molecule has 3 heterocycles. The average Bonchev–Trinajstić information content (AvgIpc) is 3.01. The molecule has 3 aromatic rings. The van der Waals surface area contributed by atoms with Gasteiger partial charge in [-0.25, -0.2) is 4.98 Å². The Bertz CT molecular complexity index is 1340. The van der Waals surface area contributed by atoms with E-state index in [0.29, 0.717) is 22.6 Å². The number of carbonyl (C=O) groups is 1. The van der Waals surface area contributed by atoms with Crippen molar-refractivity contribution in [2.75, 3.05) is 31.4 Å². The molecule has 32 heavy (non-hydrogen) atoms. The number of alkyl halides is 3. The number of ether oxygens (including phenoxy) is 2. The summed E-state index contributed by atoms with van der Waals surface area (Å²) in [7, 11) is 2.78. The number of nitriles is 1. The van der Waals surface area contributed by atoms with Crippen molar-refractivity contribution in [3.8, 4) is 23.3 Å². The molecular formula is C21H18F3N5O3. The Balaban J connectivity index is 2.29. The highest BCUT2D eigenvalue weighted by atomic mass is 19.4. The van der Waals surface area contributed by atoms with Crippen LogP contribution in [0.25, 0.3) is 16.6 Å². The first-order chi connectivity index (χ1) is 15.0. The summed E-state index contributed by atoms with van der Waals surface area (Å²) in [6, 6.07) is 5.24. The predicted molar refractivity (Wildman–Crippen MR) is 110 cm³/mol.